The second-order valence-electron chi connectivity index (χ2n) is 5.74. The predicted octanol–water partition coefficient (Wildman–Crippen LogP) is 1.78. The predicted molar refractivity (Wildman–Crippen MR) is 89.8 cm³/mol. The second kappa shape index (κ2) is 7.49. The van der Waals surface area contributed by atoms with Crippen LogP contribution < -0.4 is 14.9 Å². The summed E-state index contributed by atoms with van der Waals surface area (Å²) in [5, 5.41) is 5.35. The molecule has 6 nitrogen and oxygen atoms in total. The fraction of sp³-hybridized carbons (Fsp3) is 0.533. The molecule has 0 spiro atoms. The van der Waals surface area contributed by atoms with Crippen LogP contribution in [-0.2, 0) is 10.0 Å². The van der Waals surface area contributed by atoms with Crippen molar-refractivity contribution >= 4 is 21.7 Å². The number of rotatable bonds is 6. The van der Waals surface area contributed by atoms with Gasteiger partial charge in [-0.25, -0.2) is 13.2 Å². The lowest BCUT2D eigenvalue weighted by Crippen LogP contribution is -2.43. The molecular formula is C15H25N3O3S. The summed E-state index contributed by atoms with van der Waals surface area (Å²) in [6.07, 6.45) is 1.17. The second-order valence-corrected chi connectivity index (χ2v) is 7.64. The van der Waals surface area contributed by atoms with E-state index in [1.54, 1.807) is 0 Å². The zero-order chi connectivity index (χ0) is 16.9. The number of amides is 2. The minimum absolute atomic E-state index is 0.0328. The zero-order valence-electron chi connectivity index (χ0n) is 13.8. The first-order chi connectivity index (χ1) is 10.1. The topological polar surface area (TPSA) is 78.5 Å². The van der Waals surface area contributed by atoms with Crippen LogP contribution in [0.3, 0.4) is 0 Å². The Bertz CT molecular complexity index is 607. The highest BCUT2D eigenvalue weighted by atomic mass is 32.2. The van der Waals surface area contributed by atoms with Crippen molar-refractivity contribution in [3.63, 3.8) is 0 Å². The number of aryl methyl sites for hydroxylation is 2. The van der Waals surface area contributed by atoms with Gasteiger partial charge in [0, 0.05) is 12.6 Å². The van der Waals surface area contributed by atoms with Gasteiger partial charge in [0.1, 0.15) is 0 Å². The third-order valence-electron chi connectivity index (χ3n) is 2.91. The molecule has 1 aromatic carbocycles. The van der Waals surface area contributed by atoms with Crippen LogP contribution in [0.25, 0.3) is 0 Å². The van der Waals surface area contributed by atoms with Crippen LogP contribution >= 0.6 is 0 Å². The third kappa shape index (κ3) is 5.93. The molecule has 2 amide bonds. The van der Waals surface area contributed by atoms with Gasteiger partial charge in [0.25, 0.3) is 0 Å². The van der Waals surface area contributed by atoms with Crippen LogP contribution in [0.5, 0.6) is 0 Å². The maximum Gasteiger partial charge on any atom is 0.315 e. The van der Waals surface area contributed by atoms with E-state index in [1.807, 2.05) is 45.9 Å². The van der Waals surface area contributed by atoms with E-state index >= 15 is 0 Å². The summed E-state index contributed by atoms with van der Waals surface area (Å²) in [5.74, 6) is 0. The van der Waals surface area contributed by atoms with E-state index in [4.69, 9.17) is 0 Å². The average molecular weight is 327 g/mol. The normalized spacial score (nSPS) is 11.4. The molecule has 0 unspecified atom stereocenters. The molecule has 22 heavy (non-hydrogen) atoms. The molecular weight excluding hydrogens is 302 g/mol. The molecule has 2 N–H and O–H groups in total. The molecule has 1 aromatic rings. The van der Waals surface area contributed by atoms with Crippen molar-refractivity contribution in [2.24, 2.45) is 0 Å². The highest BCUT2D eigenvalue weighted by Gasteiger charge is 2.18. The van der Waals surface area contributed by atoms with E-state index < -0.39 is 10.0 Å². The number of anilines is 1. The highest BCUT2D eigenvalue weighted by molar-refractivity contribution is 7.92. The lowest BCUT2D eigenvalue weighted by atomic mass is 10.1. The molecule has 0 aliphatic rings. The average Bonchev–Trinajstić information content (AvgIpc) is 2.30. The van der Waals surface area contributed by atoms with Gasteiger partial charge in [-0.1, -0.05) is 6.07 Å². The molecule has 7 heteroatoms. The van der Waals surface area contributed by atoms with Gasteiger partial charge in [0.15, 0.2) is 0 Å². The molecule has 0 saturated carbocycles. The van der Waals surface area contributed by atoms with Crippen LogP contribution in [-0.4, -0.2) is 39.8 Å². The molecule has 0 atom stereocenters. The third-order valence-corrected chi connectivity index (χ3v) is 4.11. The number of urea groups is 1. The van der Waals surface area contributed by atoms with Crippen molar-refractivity contribution in [3.05, 3.63) is 29.3 Å². The van der Waals surface area contributed by atoms with Crippen molar-refractivity contribution in [2.45, 2.75) is 33.7 Å². The smallest absolute Gasteiger partial charge is 0.315 e. The molecule has 124 valence electrons. The van der Waals surface area contributed by atoms with Gasteiger partial charge in [0.05, 0.1) is 18.5 Å². The fourth-order valence-corrected chi connectivity index (χ4v) is 3.08. The Kier molecular flexibility index (Phi) is 6.22. The molecule has 0 heterocycles. The van der Waals surface area contributed by atoms with E-state index in [0.29, 0.717) is 5.69 Å². The molecule has 0 aliphatic carbocycles. The number of nitrogens with zero attached hydrogens (tertiary/aromatic N) is 1. The van der Waals surface area contributed by atoms with Crippen molar-refractivity contribution in [3.8, 4) is 0 Å². The van der Waals surface area contributed by atoms with Gasteiger partial charge in [-0.05, 0) is 51.0 Å². The molecule has 0 aliphatic heterocycles. The summed E-state index contributed by atoms with van der Waals surface area (Å²) >= 11 is 0. The van der Waals surface area contributed by atoms with Gasteiger partial charge in [-0.2, -0.15) is 0 Å². The SMILES string of the molecule is Cc1cc(C)cc(N(CCNC(=O)NC(C)C)S(C)(=O)=O)c1. The maximum absolute atomic E-state index is 12.0. The standard InChI is InChI=1S/C15H25N3O3S/c1-11(2)17-15(19)16-6-7-18(22(5,20)21)14-9-12(3)8-13(4)10-14/h8-11H,6-7H2,1-5H3,(H2,16,17,19). The van der Waals surface area contributed by atoms with Gasteiger partial charge in [-0.15, -0.1) is 0 Å². The Morgan fingerprint density at radius 2 is 1.73 bits per heavy atom. The minimum atomic E-state index is -3.41. The summed E-state index contributed by atoms with van der Waals surface area (Å²) in [5.41, 5.74) is 2.61. The van der Waals surface area contributed by atoms with Crippen molar-refractivity contribution in [2.75, 3.05) is 23.7 Å². The van der Waals surface area contributed by atoms with E-state index in [2.05, 4.69) is 10.6 Å². The van der Waals surface area contributed by atoms with Crippen LogP contribution in [0.1, 0.15) is 25.0 Å². The summed E-state index contributed by atoms with van der Waals surface area (Å²) in [6, 6.07) is 5.36. The number of carbonyl (C=O) groups excluding carboxylic acids is 1. The highest BCUT2D eigenvalue weighted by Crippen LogP contribution is 2.20. The Labute approximate surface area is 132 Å². The van der Waals surface area contributed by atoms with Gasteiger partial charge in [-0.3, -0.25) is 4.31 Å². The minimum Gasteiger partial charge on any atom is -0.336 e. The summed E-state index contributed by atoms with van der Waals surface area (Å²) in [6.45, 7) is 7.98. The fourth-order valence-electron chi connectivity index (χ4n) is 2.17. The molecule has 1 rings (SSSR count). The number of benzene rings is 1. The Morgan fingerprint density at radius 1 is 1.18 bits per heavy atom. The lowest BCUT2D eigenvalue weighted by Gasteiger charge is -2.23. The number of hydrogen-bond donors (Lipinski definition) is 2. The van der Waals surface area contributed by atoms with E-state index in [1.165, 1.54) is 10.6 Å². The van der Waals surface area contributed by atoms with Crippen molar-refractivity contribution in [1.82, 2.24) is 10.6 Å². The zero-order valence-corrected chi connectivity index (χ0v) is 14.6. The first kappa shape index (κ1) is 18.3. The molecule has 0 radical (unpaired) electrons. The Morgan fingerprint density at radius 3 is 2.18 bits per heavy atom. The number of sulfonamides is 1. The van der Waals surface area contributed by atoms with E-state index in [0.717, 1.165) is 11.1 Å². The summed E-state index contributed by atoms with van der Waals surface area (Å²) in [4.78, 5) is 11.5. The monoisotopic (exact) mass is 327 g/mol. The largest absolute Gasteiger partial charge is 0.336 e. The summed E-state index contributed by atoms with van der Waals surface area (Å²) in [7, 11) is -3.41. The maximum atomic E-state index is 12.0. The molecule has 0 aromatic heterocycles. The van der Waals surface area contributed by atoms with Gasteiger partial charge >= 0.3 is 6.03 Å². The quantitative estimate of drug-likeness (QED) is 0.836. The molecule has 0 fully saturated rings. The van der Waals surface area contributed by atoms with Crippen molar-refractivity contribution < 1.29 is 13.2 Å². The van der Waals surface area contributed by atoms with E-state index in [9.17, 15) is 13.2 Å². The van der Waals surface area contributed by atoms with Gasteiger partial charge < -0.3 is 10.6 Å². The summed E-state index contributed by atoms with van der Waals surface area (Å²) < 4.78 is 25.3. The number of nitrogens with one attached hydrogen (secondary N) is 2. The Hall–Kier alpha value is -1.76. The Balaban J connectivity index is 2.81. The first-order valence-corrected chi connectivity index (χ1v) is 9.05. The first-order valence-electron chi connectivity index (χ1n) is 7.20. The molecule has 0 bridgehead atoms. The van der Waals surface area contributed by atoms with Crippen LogP contribution in [0, 0.1) is 13.8 Å². The lowest BCUT2D eigenvalue weighted by molar-refractivity contribution is 0.239. The van der Waals surface area contributed by atoms with Gasteiger partial charge in [0.2, 0.25) is 10.0 Å². The van der Waals surface area contributed by atoms with Crippen LogP contribution in [0.4, 0.5) is 10.5 Å². The van der Waals surface area contributed by atoms with Crippen molar-refractivity contribution in [1.29, 1.82) is 0 Å². The van der Waals surface area contributed by atoms with Crippen LogP contribution in [0.15, 0.2) is 18.2 Å². The van der Waals surface area contributed by atoms with E-state index in [-0.39, 0.29) is 25.2 Å². The molecule has 0 saturated heterocycles. The van der Waals surface area contributed by atoms with Crippen LogP contribution in [0.2, 0.25) is 0 Å². The number of hydrogen-bond acceptors (Lipinski definition) is 3. The number of carbonyl (C=O) groups is 1.